The van der Waals surface area contributed by atoms with Gasteiger partial charge in [-0.05, 0) is 48.2 Å². The van der Waals surface area contributed by atoms with E-state index in [1.807, 2.05) is 25.4 Å². The number of nitrogens with one attached hydrogen (secondary N) is 1. The molecule has 2 fully saturated rings. The van der Waals surface area contributed by atoms with Crippen molar-refractivity contribution >= 4 is 11.8 Å². The second-order valence-electron chi connectivity index (χ2n) is 11.3. The molecule has 0 unspecified atom stereocenters. The summed E-state index contributed by atoms with van der Waals surface area (Å²) in [7, 11) is 1.85. The van der Waals surface area contributed by atoms with Crippen LogP contribution in [-0.2, 0) is 23.1 Å². The topological polar surface area (TPSA) is 109 Å². The van der Waals surface area contributed by atoms with E-state index in [1.54, 1.807) is 34.0 Å². The van der Waals surface area contributed by atoms with E-state index in [9.17, 15) is 19.1 Å². The molecular formula is C31H36FN5O5. The Balaban J connectivity index is 1.31. The SMILES string of the molecule is Cn1cc(-c2ccc3c(c2)OCC[C@@H]2CC[C@H](O)[C@@H](CNC(=O)[C@@H]4CN(Cc5ccc(F)cc5)CCN4C3=O)O2)cn1. The first-order valence-corrected chi connectivity index (χ1v) is 14.5. The molecule has 11 heteroatoms. The third kappa shape index (κ3) is 6.18. The normalized spacial score (nSPS) is 25.5. The predicted molar refractivity (Wildman–Crippen MR) is 152 cm³/mol. The maximum Gasteiger partial charge on any atom is 0.258 e. The number of nitrogens with zero attached hydrogens (tertiary/aromatic N) is 4. The number of halogens is 1. The Kier molecular flexibility index (Phi) is 8.23. The number of aromatic nitrogens is 2. The van der Waals surface area contributed by atoms with Gasteiger partial charge in [-0.25, -0.2) is 4.39 Å². The molecular weight excluding hydrogens is 541 g/mol. The van der Waals surface area contributed by atoms with Crippen LogP contribution in [-0.4, -0.2) is 93.6 Å². The second-order valence-corrected chi connectivity index (χ2v) is 11.3. The number of aryl methyl sites for hydroxylation is 1. The number of fused-ring (bicyclic) bond motifs is 4. The average Bonchev–Trinajstić information content (AvgIpc) is 3.43. The number of carbonyl (C=O) groups is 2. The summed E-state index contributed by atoms with van der Waals surface area (Å²) in [6, 6.07) is 11.0. The van der Waals surface area contributed by atoms with Crippen molar-refractivity contribution < 1.29 is 28.6 Å². The summed E-state index contributed by atoms with van der Waals surface area (Å²) in [5, 5.41) is 17.8. The van der Waals surface area contributed by atoms with Gasteiger partial charge in [-0.2, -0.15) is 5.10 Å². The van der Waals surface area contributed by atoms with Crippen LogP contribution in [0.2, 0.25) is 0 Å². The van der Waals surface area contributed by atoms with Crippen molar-refractivity contribution in [2.75, 3.05) is 32.8 Å². The molecule has 222 valence electrons. The Morgan fingerprint density at radius 1 is 1.07 bits per heavy atom. The van der Waals surface area contributed by atoms with Gasteiger partial charge in [-0.1, -0.05) is 18.2 Å². The maximum atomic E-state index is 14.1. The number of hydrogen-bond donors (Lipinski definition) is 2. The van der Waals surface area contributed by atoms with Crippen LogP contribution in [0.1, 0.15) is 35.2 Å². The molecule has 2 N–H and O–H groups in total. The van der Waals surface area contributed by atoms with Crippen LogP contribution in [0.25, 0.3) is 11.1 Å². The standard InChI is InChI=1S/C31H36FN5O5/c1-35-18-22(15-34-35)21-4-8-25-28(14-21)41-13-10-24-7-9-27(38)29(42-24)16-33-30(39)26-19-36(11-12-37(26)31(25)40)17-20-2-5-23(32)6-3-20/h2-6,8,14-15,18,24,26-27,29,38H,7,9-13,16-17,19H2,1H3,(H,33,39)/t24-,26-,27-,29+/m0/s1. The first-order chi connectivity index (χ1) is 20.3. The quantitative estimate of drug-likeness (QED) is 0.492. The molecule has 10 nitrogen and oxygen atoms in total. The predicted octanol–water partition coefficient (Wildman–Crippen LogP) is 2.36. The van der Waals surface area contributed by atoms with Crippen LogP contribution < -0.4 is 10.1 Å². The van der Waals surface area contributed by atoms with E-state index in [4.69, 9.17) is 9.47 Å². The molecule has 2 saturated heterocycles. The zero-order chi connectivity index (χ0) is 29.2. The first-order valence-electron chi connectivity index (χ1n) is 14.5. The summed E-state index contributed by atoms with van der Waals surface area (Å²) in [5.41, 5.74) is 3.08. The number of hydrogen-bond acceptors (Lipinski definition) is 7. The van der Waals surface area contributed by atoms with E-state index >= 15 is 0 Å². The van der Waals surface area contributed by atoms with E-state index < -0.39 is 18.2 Å². The number of amides is 2. The van der Waals surface area contributed by atoms with Crippen molar-refractivity contribution in [1.82, 2.24) is 24.9 Å². The summed E-state index contributed by atoms with van der Waals surface area (Å²) in [5.74, 6) is -0.449. The largest absolute Gasteiger partial charge is 0.493 e. The van der Waals surface area contributed by atoms with Crippen molar-refractivity contribution in [1.29, 1.82) is 0 Å². The minimum Gasteiger partial charge on any atom is -0.493 e. The number of ether oxygens (including phenoxy) is 2. The van der Waals surface area contributed by atoms with E-state index in [0.29, 0.717) is 63.4 Å². The lowest BCUT2D eigenvalue weighted by atomic mass is 9.98. The molecule has 3 aliphatic heterocycles. The van der Waals surface area contributed by atoms with Gasteiger partial charge >= 0.3 is 0 Å². The Morgan fingerprint density at radius 2 is 1.90 bits per heavy atom. The number of aliphatic hydroxyl groups excluding tert-OH is 1. The van der Waals surface area contributed by atoms with E-state index in [-0.39, 0.29) is 30.3 Å². The van der Waals surface area contributed by atoms with Gasteiger partial charge < -0.3 is 24.8 Å². The number of piperazine rings is 1. The molecule has 2 amide bonds. The molecule has 3 aromatic rings. The molecule has 2 bridgehead atoms. The fourth-order valence-corrected chi connectivity index (χ4v) is 5.99. The number of aliphatic hydroxyl groups is 1. The average molecular weight is 578 g/mol. The van der Waals surface area contributed by atoms with Crippen molar-refractivity contribution in [3.05, 3.63) is 71.8 Å². The van der Waals surface area contributed by atoms with Gasteiger partial charge in [0.15, 0.2) is 0 Å². The summed E-state index contributed by atoms with van der Waals surface area (Å²) >= 11 is 0. The Bertz CT molecular complexity index is 1430. The molecule has 4 atom stereocenters. The summed E-state index contributed by atoms with van der Waals surface area (Å²) in [6.45, 7) is 2.18. The molecule has 4 heterocycles. The van der Waals surface area contributed by atoms with Gasteiger partial charge in [-0.3, -0.25) is 19.2 Å². The minimum atomic E-state index is -0.781. The van der Waals surface area contributed by atoms with Crippen molar-refractivity contribution in [3.8, 4) is 16.9 Å². The van der Waals surface area contributed by atoms with Crippen LogP contribution >= 0.6 is 0 Å². The van der Waals surface area contributed by atoms with Crippen LogP contribution in [0.4, 0.5) is 4.39 Å². The third-order valence-electron chi connectivity index (χ3n) is 8.35. The zero-order valence-corrected chi connectivity index (χ0v) is 23.6. The van der Waals surface area contributed by atoms with Crippen LogP contribution in [0, 0.1) is 5.82 Å². The van der Waals surface area contributed by atoms with E-state index in [2.05, 4.69) is 15.3 Å². The van der Waals surface area contributed by atoms with Gasteiger partial charge in [-0.15, -0.1) is 0 Å². The minimum absolute atomic E-state index is 0.128. The lowest BCUT2D eigenvalue weighted by Crippen LogP contribution is -2.61. The Morgan fingerprint density at radius 3 is 2.69 bits per heavy atom. The molecule has 42 heavy (non-hydrogen) atoms. The number of rotatable bonds is 3. The van der Waals surface area contributed by atoms with E-state index in [1.165, 1.54) is 12.1 Å². The third-order valence-corrected chi connectivity index (χ3v) is 8.35. The maximum absolute atomic E-state index is 14.1. The highest BCUT2D eigenvalue weighted by Gasteiger charge is 2.38. The molecule has 3 aliphatic rings. The first kappa shape index (κ1) is 28.3. The van der Waals surface area contributed by atoms with Gasteiger partial charge in [0.05, 0.1) is 30.6 Å². The van der Waals surface area contributed by atoms with Crippen molar-refractivity contribution in [3.63, 3.8) is 0 Å². The Labute approximate surface area is 244 Å². The fourth-order valence-electron chi connectivity index (χ4n) is 5.99. The van der Waals surface area contributed by atoms with Crippen molar-refractivity contribution in [2.24, 2.45) is 7.05 Å². The monoisotopic (exact) mass is 577 g/mol. The fraction of sp³-hybridized carbons (Fsp3) is 0.452. The van der Waals surface area contributed by atoms with Gasteiger partial charge in [0, 0.05) is 58.0 Å². The molecule has 1 aromatic heterocycles. The highest BCUT2D eigenvalue weighted by Crippen LogP contribution is 2.31. The molecule has 0 saturated carbocycles. The Hall–Kier alpha value is -3.80. The smallest absolute Gasteiger partial charge is 0.258 e. The molecule has 0 spiro atoms. The van der Waals surface area contributed by atoms with Gasteiger partial charge in [0.25, 0.3) is 5.91 Å². The van der Waals surface area contributed by atoms with Gasteiger partial charge in [0.2, 0.25) is 5.91 Å². The number of benzene rings is 2. The van der Waals surface area contributed by atoms with Crippen LogP contribution in [0.5, 0.6) is 5.75 Å². The van der Waals surface area contributed by atoms with Crippen molar-refractivity contribution in [2.45, 2.75) is 50.2 Å². The van der Waals surface area contributed by atoms with E-state index in [0.717, 1.165) is 16.7 Å². The molecule has 6 rings (SSSR count). The summed E-state index contributed by atoms with van der Waals surface area (Å²) < 4.78 is 27.6. The second kappa shape index (κ2) is 12.2. The molecule has 0 radical (unpaired) electrons. The number of carbonyl (C=O) groups excluding carboxylic acids is 2. The lowest BCUT2D eigenvalue weighted by Gasteiger charge is -2.41. The highest BCUT2D eigenvalue weighted by molar-refractivity contribution is 6.00. The molecule has 2 aromatic carbocycles. The zero-order valence-electron chi connectivity index (χ0n) is 23.6. The molecule has 0 aliphatic carbocycles. The lowest BCUT2D eigenvalue weighted by molar-refractivity contribution is -0.135. The summed E-state index contributed by atoms with van der Waals surface area (Å²) in [4.78, 5) is 31.5. The summed E-state index contributed by atoms with van der Waals surface area (Å²) in [6.07, 6.45) is 4.16. The van der Waals surface area contributed by atoms with Crippen LogP contribution in [0.3, 0.4) is 0 Å². The van der Waals surface area contributed by atoms with Crippen LogP contribution in [0.15, 0.2) is 54.9 Å². The van der Waals surface area contributed by atoms with Gasteiger partial charge in [0.1, 0.15) is 23.7 Å². The highest BCUT2D eigenvalue weighted by atomic mass is 19.1.